The van der Waals surface area contributed by atoms with E-state index in [0.29, 0.717) is 37.0 Å². The molecular weight excluding hydrogens is 425 g/mol. The minimum atomic E-state index is -4.59. The number of fused-ring (bicyclic) bond motifs is 1. The Balaban J connectivity index is 1.44. The van der Waals surface area contributed by atoms with E-state index in [1.165, 1.54) is 34.4 Å². The Morgan fingerprint density at radius 1 is 1.17 bits per heavy atom. The highest BCUT2D eigenvalue weighted by Gasteiger charge is 2.34. The van der Waals surface area contributed by atoms with E-state index in [1.54, 1.807) is 5.38 Å². The minimum Gasteiger partial charge on any atom is -0.465 e. The number of alkyl halides is 3. The van der Waals surface area contributed by atoms with E-state index in [1.807, 2.05) is 4.90 Å². The van der Waals surface area contributed by atoms with Crippen molar-refractivity contribution in [2.45, 2.75) is 6.18 Å². The third-order valence-electron chi connectivity index (χ3n) is 4.55. The topological polar surface area (TPSA) is 114 Å². The summed E-state index contributed by atoms with van der Waals surface area (Å²) in [6.45, 7) is 1.64. The van der Waals surface area contributed by atoms with Crippen LogP contribution in [0.15, 0.2) is 23.6 Å². The first-order valence-corrected chi connectivity index (χ1v) is 9.65. The zero-order chi connectivity index (χ0) is 21.5. The van der Waals surface area contributed by atoms with Crippen LogP contribution in [0.2, 0.25) is 0 Å². The molecule has 1 aliphatic heterocycles. The molecule has 0 bridgehead atoms. The SMILES string of the molecule is O=C(Nc1ccc2nc(C(F)(F)F)[nH]c2c1)c1csc(N2CCN(C(=O)O)CC2)n1. The number of hydrogen-bond acceptors (Lipinski definition) is 6. The zero-order valence-electron chi connectivity index (χ0n) is 15.2. The van der Waals surface area contributed by atoms with Crippen molar-refractivity contribution < 1.29 is 27.9 Å². The molecule has 0 unspecified atom stereocenters. The molecule has 2 aromatic heterocycles. The van der Waals surface area contributed by atoms with Crippen LogP contribution in [-0.2, 0) is 6.18 Å². The van der Waals surface area contributed by atoms with Crippen LogP contribution in [0.4, 0.5) is 28.8 Å². The van der Waals surface area contributed by atoms with E-state index in [0.717, 1.165) is 0 Å². The van der Waals surface area contributed by atoms with Crippen LogP contribution in [0.25, 0.3) is 11.0 Å². The van der Waals surface area contributed by atoms with Crippen molar-refractivity contribution in [3.8, 4) is 0 Å². The van der Waals surface area contributed by atoms with Gasteiger partial charge in [-0.3, -0.25) is 4.79 Å². The van der Waals surface area contributed by atoms with Gasteiger partial charge < -0.3 is 25.2 Å². The molecule has 1 aliphatic rings. The number of anilines is 2. The molecule has 9 nitrogen and oxygen atoms in total. The van der Waals surface area contributed by atoms with Crippen molar-refractivity contribution in [2.75, 3.05) is 36.4 Å². The molecule has 30 heavy (non-hydrogen) atoms. The summed E-state index contributed by atoms with van der Waals surface area (Å²) in [6, 6.07) is 4.21. The smallest absolute Gasteiger partial charge is 0.449 e. The van der Waals surface area contributed by atoms with Gasteiger partial charge in [0, 0.05) is 37.2 Å². The normalized spacial score (nSPS) is 14.9. The molecule has 4 rings (SSSR count). The molecule has 1 fully saturated rings. The molecule has 0 radical (unpaired) electrons. The number of thiazole rings is 1. The summed E-state index contributed by atoms with van der Waals surface area (Å²) in [5.41, 5.74) is 0.748. The van der Waals surface area contributed by atoms with Crippen molar-refractivity contribution in [3.63, 3.8) is 0 Å². The van der Waals surface area contributed by atoms with E-state index in [4.69, 9.17) is 5.11 Å². The third kappa shape index (κ3) is 4.01. The van der Waals surface area contributed by atoms with Crippen LogP contribution in [0.3, 0.4) is 0 Å². The molecule has 158 valence electrons. The first-order valence-electron chi connectivity index (χ1n) is 8.77. The molecule has 0 atom stereocenters. The fraction of sp³-hybridized carbons (Fsp3) is 0.294. The Labute approximate surface area is 171 Å². The summed E-state index contributed by atoms with van der Waals surface area (Å²) in [7, 11) is 0. The number of halogens is 3. The van der Waals surface area contributed by atoms with E-state index in [2.05, 4.69) is 20.3 Å². The van der Waals surface area contributed by atoms with Crippen molar-refractivity contribution in [3.05, 3.63) is 35.1 Å². The number of hydrogen-bond donors (Lipinski definition) is 3. The highest BCUT2D eigenvalue weighted by Crippen LogP contribution is 2.29. The van der Waals surface area contributed by atoms with Gasteiger partial charge >= 0.3 is 12.3 Å². The number of nitrogens with one attached hydrogen (secondary N) is 2. The Hall–Kier alpha value is -3.35. The number of carboxylic acid groups (broad SMARTS) is 1. The molecule has 13 heteroatoms. The Kier molecular flexibility index (Phi) is 4.97. The van der Waals surface area contributed by atoms with Gasteiger partial charge in [-0.25, -0.2) is 14.8 Å². The monoisotopic (exact) mass is 440 g/mol. The number of rotatable bonds is 3. The van der Waals surface area contributed by atoms with Gasteiger partial charge in [0.2, 0.25) is 5.82 Å². The van der Waals surface area contributed by atoms with Crippen LogP contribution >= 0.6 is 11.3 Å². The summed E-state index contributed by atoms with van der Waals surface area (Å²) >= 11 is 1.26. The predicted molar refractivity (Wildman–Crippen MR) is 103 cm³/mol. The lowest BCUT2D eigenvalue weighted by Gasteiger charge is -2.32. The van der Waals surface area contributed by atoms with Gasteiger partial charge in [-0.2, -0.15) is 13.2 Å². The molecule has 0 spiro atoms. The second-order valence-electron chi connectivity index (χ2n) is 6.54. The zero-order valence-corrected chi connectivity index (χ0v) is 16.0. The highest BCUT2D eigenvalue weighted by molar-refractivity contribution is 7.14. The standard InChI is InChI=1S/C17H15F3N6O3S/c18-17(19,20)14-22-10-2-1-9(7-11(10)23-14)21-13(27)12-8-30-15(24-12)25-3-5-26(6-4-25)16(28)29/h1-2,7-8H,3-6H2,(H,21,27)(H,22,23)(H,28,29). The van der Waals surface area contributed by atoms with Gasteiger partial charge in [-0.05, 0) is 18.2 Å². The number of benzene rings is 1. The summed E-state index contributed by atoms with van der Waals surface area (Å²) in [6.07, 6.45) is -5.56. The lowest BCUT2D eigenvalue weighted by atomic mass is 10.2. The van der Waals surface area contributed by atoms with E-state index in [-0.39, 0.29) is 16.7 Å². The number of nitrogens with zero attached hydrogens (tertiary/aromatic N) is 4. The second-order valence-corrected chi connectivity index (χ2v) is 7.38. The third-order valence-corrected chi connectivity index (χ3v) is 5.46. The first kappa shape index (κ1) is 19.9. The van der Waals surface area contributed by atoms with Crippen molar-refractivity contribution in [2.24, 2.45) is 0 Å². The lowest BCUT2D eigenvalue weighted by Crippen LogP contribution is -2.48. The van der Waals surface area contributed by atoms with Crippen molar-refractivity contribution in [1.82, 2.24) is 19.9 Å². The average molecular weight is 440 g/mol. The van der Waals surface area contributed by atoms with E-state index >= 15 is 0 Å². The average Bonchev–Trinajstić information content (AvgIpc) is 3.35. The van der Waals surface area contributed by atoms with Gasteiger partial charge in [0.05, 0.1) is 11.0 Å². The predicted octanol–water partition coefficient (Wildman–Crippen LogP) is 3.09. The fourth-order valence-electron chi connectivity index (χ4n) is 3.02. The second kappa shape index (κ2) is 7.48. The summed E-state index contributed by atoms with van der Waals surface area (Å²) in [5, 5.41) is 13.8. The minimum absolute atomic E-state index is 0.136. The molecule has 1 saturated heterocycles. The van der Waals surface area contributed by atoms with Crippen LogP contribution in [-0.4, -0.2) is 63.1 Å². The number of imidazole rings is 1. The van der Waals surface area contributed by atoms with E-state index < -0.39 is 24.0 Å². The number of H-pyrrole nitrogens is 1. The number of amides is 2. The lowest BCUT2D eigenvalue weighted by molar-refractivity contribution is -0.144. The van der Waals surface area contributed by atoms with Crippen LogP contribution < -0.4 is 10.2 Å². The van der Waals surface area contributed by atoms with Crippen LogP contribution in [0, 0.1) is 0 Å². The van der Waals surface area contributed by atoms with Gasteiger partial charge in [0.25, 0.3) is 5.91 Å². The molecule has 3 N–H and O–H groups in total. The molecule has 3 heterocycles. The first-order chi connectivity index (χ1) is 14.2. The van der Waals surface area contributed by atoms with Gasteiger partial charge in [-0.1, -0.05) is 0 Å². The maximum atomic E-state index is 12.8. The number of piperazine rings is 1. The quantitative estimate of drug-likeness (QED) is 0.577. The van der Waals surface area contributed by atoms with Gasteiger partial charge in [-0.15, -0.1) is 11.3 Å². The summed E-state index contributed by atoms with van der Waals surface area (Å²) < 4.78 is 38.3. The summed E-state index contributed by atoms with van der Waals surface area (Å²) in [4.78, 5) is 36.6. The number of carbonyl (C=O) groups excluding carboxylic acids is 1. The van der Waals surface area contributed by atoms with E-state index in [9.17, 15) is 22.8 Å². The molecule has 0 aliphatic carbocycles. The Morgan fingerprint density at radius 3 is 2.57 bits per heavy atom. The molecular formula is C17H15F3N6O3S. The van der Waals surface area contributed by atoms with Crippen molar-refractivity contribution >= 4 is 45.2 Å². The number of aromatic nitrogens is 3. The van der Waals surface area contributed by atoms with Crippen LogP contribution in [0.5, 0.6) is 0 Å². The fourth-order valence-corrected chi connectivity index (χ4v) is 3.88. The number of carbonyl (C=O) groups is 2. The molecule has 3 aromatic rings. The maximum absolute atomic E-state index is 12.8. The molecule has 2 amide bonds. The van der Waals surface area contributed by atoms with Crippen LogP contribution in [0.1, 0.15) is 16.3 Å². The van der Waals surface area contributed by atoms with Gasteiger partial charge in [0.15, 0.2) is 5.13 Å². The summed E-state index contributed by atoms with van der Waals surface area (Å²) in [5.74, 6) is -1.61. The van der Waals surface area contributed by atoms with Gasteiger partial charge in [0.1, 0.15) is 5.69 Å². The largest absolute Gasteiger partial charge is 0.465 e. The Bertz CT molecular complexity index is 1100. The van der Waals surface area contributed by atoms with Crippen molar-refractivity contribution in [1.29, 1.82) is 0 Å². The number of aromatic amines is 1. The Morgan fingerprint density at radius 2 is 1.90 bits per heavy atom. The molecule has 0 saturated carbocycles. The maximum Gasteiger partial charge on any atom is 0.449 e. The molecule has 1 aromatic carbocycles. The highest BCUT2D eigenvalue weighted by atomic mass is 32.1.